The number of non-ortho nitro benzene ring substituents is 1. The zero-order valence-corrected chi connectivity index (χ0v) is 10.3. The molecule has 0 radical (unpaired) electrons. The van der Waals surface area contributed by atoms with E-state index in [9.17, 15) is 10.1 Å². The number of hydrogen-bond donors (Lipinski definition) is 1. The molecule has 0 aliphatic heterocycles. The van der Waals surface area contributed by atoms with Gasteiger partial charge in [-0.25, -0.2) is 0 Å². The molecule has 5 nitrogen and oxygen atoms in total. The number of benzene rings is 1. The van der Waals surface area contributed by atoms with E-state index in [2.05, 4.69) is 10.2 Å². The highest BCUT2D eigenvalue weighted by Gasteiger charge is 2.04. The number of rotatable bonds is 7. The molecule has 1 rings (SSSR count). The third-order valence-electron chi connectivity index (χ3n) is 2.42. The van der Waals surface area contributed by atoms with Gasteiger partial charge in [0.15, 0.2) is 0 Å². The van der Waals surface area contributed by atoms with E-state index in [1.807, 2.05) is 20.2 Å². The number of nitrogens with zero attached hydrogens (tertiary/aromatic N) is 2. The van der Waals surface area contributed by atoms with Crippen LogP contribution < -0.4 is 5.32 Å². The molecule has 0 aliphatic rings. The van der Waals surface area contributed by atoms with Gasteiger partial charge in [0, 0.05) is 24.4 Å². The monoisotopic (exact) mass is 237 g/mol. The Hall–Kier alpha value is -1.62. The Morgan fingerprint density at radius 2 is 2.12 bits per heavy atom. The Balaban J connectivity index is 2.31. The van der Waals surface area contributed by atoms with Crippen molar-refractivity contribution in [2.24, 2.45) is 0 Å². The summed E-state index contributed by atoms with van der Waals surface area (Å²) in [6.45, 7) is 1.91. The van der Waals surface area contributed by atoms with Crippen molar-refractivity contribution in [3.05, 3.63) is 34.4 Å². The number of unbranched alkanes of at least 4 members (excludes halogenated alkanes) is 1. The van der Waals surface area contributed by atoms with Gasteiger partial charge in [-0.3, -0.25) is 10.1 Å². The summed E-state index contributed by atoms with van der Waals surface area (Å²) in [6, 6.07) is 6.60. The molecule has 0 saturated heterocycles. The van der Waals surface area contributed by atoms with Gasteiger partial charge in [-0.05, 0) is 39.5 Å². The number of hydrogen-bond acceptors (Lipinski definition) is 4. The number of anilines is 1. The van der Waals surface area contributed by atoms with Gasteiger partial charge in [-0.15, -0.1) is 0 Å². The van der Waals surface area contributed by atoms with Crippen LogP contribution in [0.3, 0.4) is 0 Å². The lowest BCUT2D eigenvalue weighted by molar-refractivity contribution is -0.384. The van der Waals surface area contributed by atoms with Crippen LogP contribution in [0.1, 0.15) is 12.8 Å². The second kappa shape index (κ2) is 6.85. The molecule has 0 fully saturated rings. The van der Waals surface area contributed by atoms with Gasteiger partial charge in [0.2, 0.25) is 0 Å². The van der Waals surface area contributed by atoms with Gasteiger partial charge < -0.3 is 10.2 Å². The van der Waals surface area contributed by atoms with Gasteiger partial charge in [0.05, 0.1) is 4.92 Å². The lowest BCUT2D eigenvalue weighted by Crippen LogP contribution is -2.14. The molecule has 1 aromatic carbocycles. The first kappa shape index (κ1) is 13.4. The molecule has 0 bridgehead atoms. The van der Waals surface area contributed by atoms with Gasteiger partial charge >= 0.3 is 0 Å². The van der Waals surface area contributed by atoms with E-state index in [0.29, 0.717) is 0 Å². The minimum atomic E-state index is -0.378. The third kappa shape index (κ3) is 5.31. The number of nitrogens with one attached hydrogen (secondary N) is 1. The van der Waals surface area contributed by atoms with E-state index >= 15 is 0 Å². The van der Waals surface area contributed by atoms with Gasteiger partial charge in [-0.1, -0.05) is 6.07 Å². The summed E-state index contributed by atoms with van der Waals surface area (Å²) in [5.41, 5.74) is 0.937. The van der Waals surface area contributed by atoms with Crippen LogP contribution in [0.2, 0.25) is 0 Å². The minimum absolute atomic E-state index is 0.128. The third-order valence-corrected chi connectivity index (χ3v) is 2.42. The summed E-state index contributed by atoms with van der Waals surface area (Å²) in [7, 11) is 4.10. The number of nitro groups is 1. The second-order valence-corrected chi connectivity index (χ2v) is 4.24. The fraction of sp³-hybridized carbons (Fsp3) is 0.500. The highest BCUT2D eigenvalue weighted by Crippen LogP contribution is 2.16. The minimum Gasteiger partial charge on any atom is -0.385 e. The normalized spacial score (nSPS) is 10.5. The first-order chi connectivity index (χ1) is 8.09. The van der Waals surface area contributed by atoms with E-state index in [1.165, 1.54) is 6.07 Å². The van der Waals surface area contributed by atoms with Crippen LogP contribution in [0.4, 0.5) is 11.4 Å². The molecule has 17 heavy (non-hydrogen) atoms. The highest BCUT2D eigenvalue weighted by molar-refractivity contribution is 5.50. The summed E-state index contributed by atoms with van der Waals surface area (Å²) < 4.78 is 0. The molecule has 0 aliphatic carbocycles. The smallest absolute Gasteiger partial charge is 0.271 e. The molecule has 0 saturated carbocycles. The standard InChI is InChI=1S/C12H19N3O2/c1-14(2)9-4-3-8-13-11-6-5-7-12(10-11)15(16)17/h5-7,10,13H,3-4,8-9H2,1-2H3. The molecule has 0 aromatic heterocycles. The summed E-state index contributed by atoms with van der Waals surface area (Å²) in [5.74, 6) is 0. The van der Waals surface area contributed by atoms with E-state index < -0.39 is 0 Å². The van der Waals surface area contributed by atoms with Crippen molar-refractivity contribution in [2.45, 2.75) is 12.8 Å². The molecule has 1 aromatic rings. The molecule has 0 heterocycles. The fourth-order valence-electron chi connectivity index (χ4n) is 1.52. The predicted octanol–water partition coefficient (Wildman–Crippen LogP) is 2.35. The SMILES string of the molecule is CN(C)CCCCNc1cccc([N+](=O)[O-])c1. The maximum Gasteiger partial charge on any atom is 0.271 e. The second-order valence-electron chi connectivity index (χ2n) is 4.24. The van der Waals surface area contributed by atoms with Crippen LogP contribution in [0.15, 0.2) is 24.3 Å². The van der Waals surface area contributed by atoms with Crippen LogP contribution in [0, 0.1) is 10.1 Å². The van der Waals surface area contributed by atoms with Crippen LogP contribution >= 0.6 is 0 Å². The zero-order chi connectivity index (χ0) is 12.7. The van der Waals surface area contributed by atoms with Crippen molar-refractivity contribution in [1.29, 1.82) is 0 Å². The Morgan fingerprint density at radius 3 is 2.76 bits per heavy atom. The van der Waals surface area contributed by atoms with Crippen LogP contribution in [-0.4, -0.2) is 37.0 Å². The highest BCUT2D eigenvalue weighted by atomic mass is 16.6. The number of nitro benzene ring substituents is 1. The van der Waals surface area contributed by atoms with Crippen LogP contribution in [0.5, 0.6) is 0 Å². The van der Waals surface area contributed by atoms with Crippen molar-refractivity contribution < 1.29 is 4.92 Å². The van der Waals surface area contributed by atoms with Gasteiger partial charge in [0.25, 0.3) is 5.69 Å². The molecule has 0 amide bonds. The van der Waals surface area contributed by atoms with Crippen molar-refractivity contribution in [3.63, 3.8) is 0 Å². The molecular weight excluding hydrogens is 218 g/mol. The average Bonchev–Trinajstić information content (AvgIpc) is 2.28. The molecule has 5 heteroatoms. The Labute approximate surface area is 102 Å². The first-order valence-corrected chi connectivity index (χ1v) is 5.72. The van der Waals surface area contributed by atoms with E-state index in [1.54, 1.807) is 12.1 Å². The maximum absolute atomic E-state index is 10.6. The van der Waals surface area contributed by atoms with Crippen molar-refractivity contribution in [1.82, 2.24) is 4.90 Å². The lowest BCUT2D eigenvalue weighted by atomic mass is 10.2. The van der Waals surface area contributed by atoms with E-state index in [4.69, 9.17) is 0 Å². The van der Waals surface area contributed by atoms with Gasteiger partial charge in [-0.2, -0.15) is 0 Å². The molecular formula is C12H19N3O2. The van der Waals surface area contributed by atoms with E-state index in [0.717, 1.165) is 31.6 Å². The van der Waals surface area contributed by atoms with Crippen molar-refractivity contribution in [3.8, 4) is 0 Å². The summed E-state index contributed by atoms with van der Waals surface area (Å²) in [5, 5.41) is 13.8. The van der Waals surface area contributed by atoms with E-state index in [-0.39, 0.29) is 10.6 Å². The Kier molecular flexibility index (Phi) is 5.42. The quantitative estimate of drug-likeness (QED) is 0.449. The average molecular weight is 237 g/mol. The molecule has 0 unspecified atom stereocenters. The first-order valence-electron chi connectivity index (χ1n) is 5.72. The summed E-state index contributed by atoms with van der Waals surface area (Å²) in [4.78, 5) is 12.3. The van der Waals surface area contributed by atoms with Gasteiger partial charge in [0.1, 0.15) is 0 Å². The van der Waals surface area contributed by atoms with Crippen LogP contribution in [0.25, 0.3) is 0 Å². The molecule has 0 spiro atoms. The molecule has 1 N–H and O–H groups in total. The Morgan fingerprint density at radius 1 is 1.35 bits per heavy atom. The van der Waals surface area contributed by atoms with Crippen molar-refractivity contribution in [2.75, 3.05) is 32.5 Å². The largest absolute Gasteiger partial charge is 0.385 e. The molecule has 94 valence electrons. The maximum atomic E-state index is 10.6. The van der Waals surface area contributed by atoms with Crippen LogP contribution in [-0.2, 0) is 0 Å². The summed E-state index contributed by atoms with van der Waals surface area (Å²) in [6.07, 6.45) is 2.18. The molecule has 0 atom stereocenters. The topological polar surface area (TPSA) is 58.4 Å². The fourth-order valence-corrected chi connectivity index (χ4v) is 1.52. The lowest BCUT2D eigenvalue weighted by Gasteiger charge is -2.09. The summed E-state index contributed by atoms with van der Waals surface area (Å²) >= 11 is 0. The Bertz CT molecular complexity index is 367. The zero-order valence-electron chi connectivity index (χ0n) is 10.3. The predicted molar refractivity (Wildman–Crippen MR) is 69.4 cm³/mol. The van der Waals surface area contributed by atoms with Crippen molar-refractivity contribution >= 4 is 11.4 Å².